The SMILES string of the molecule is Cc1cccc2cc3cnc(N)nc3nc12. The van der Waals surface area contributed by atoms with Gasteiger partial charge in [0, 0.05) is 17.0 Å². The van der Waals surface area contributed by atoms with Crippen molar-refractivity contribution in [2.75, 3.05) is 5.73 Å². The first-order chi connectivity index (χ1) is 7.74. The molecule has 0 saturated carbocycles. The van der Waals surface area contributed by atoms with Gasteiger partial charge in [-0.3, -0.25) is 0 Å². The summed E-state index contributed by atoms with van der Waals surface area (Å²) in [6, 6.07) is 8.12. The van der Waals surface area contributed by atoms with Gasteiger partial charge >= 0.3 is 0 Å². The molecule has 0 spiro atoms. The Morgan fingerprint density at radius 1 is 1.12 bits per heavy atom. The molecule has 4 nitrogen and oxygen atoms in total. The van der Waals surface area contributed by atoms with Gasteiger partial charge in [0.15, 0.2) is 5.65 Å². The van der Waals surface area contributed by atoms with Gasteiger partial charge in [-0.1, -0.05) is 18.2 Å². The summed E-state index contributed by atoms with van der Waals surface area (Å²) in [5, 5.41) is 2.01. The molecule has 0 saturated heterocycles. The molecule has 0 aliphatic carbocycles. The van der Waals surface area contributed by atoms with Crippen molar-refractivity contribution < 1.29 is 0 Å². The van der Waals surface area contributed by atoms with Gasteiger partial charge in [-0.05, 0) is 18.6 Å². The number of rotatable bonds is 0. The average Bonchev–Trinajstić information content (AvgIpc) is 2.28. The van der Waals surface area contributed by atoms with E-state index in [0.29, 0.717) is 5.65 Å². The van der Waals surface area contributed by atoms with E-state index in [-0.39, 0.29) is 5.95 Å². The zero-order chi connectivity index (χ0) is 11.1. The van der Waals surface area contributed by atoms with E-state index in [9.17, 15) is 0 Å². The summed E-state index contributed by atoms with van der Waals surface area (Å²) >= 11 is 0. The van der Waals surface area contributed by atoms with Crippen LogP contribution >= 0.6 is 0 Å². The first-order valence-corrected chi connectivity index (χ1v) is 5.02. The molecule has 0 aliphatic rings. The first kappa shape index (κ1) is 9.03. The van der Waals surface area contributed by atoms with Crippen molar-refractivity contribution in [1.29, 1.82) is 0 Å². The van der Waals surface area contributed by atoms with Crippen LogP contribution in [0.4, 0.5) is 5.95 Å². The van der Waals surface area contributed by atoms with E-state index in [0.717, 1.165) is 21.9 Å². The number of nitrogens with zero attached hydrogens (tertiary/aromatic N) is 3. The Morgan fingerprint density at radius 2 is 2.00 bits per heavy atom. The number of hydrogen-bond donors (Lipinski definition) is 1. The van der Waals surface area contributed by atoms with E-state index in [1.165, 1.54) is 0 Å². The molecule has 0 aliphatic heterocycles. The quantitative estimate of drug-likeness (QED) is 0.577. The van der Waals surface area contributed by atoms with Crippen molar-refractivity contribution in [3.63, 3.8) is 0 Å². The topological polar surface area (TPSA) is 64.7 Å². The number of para-hydroxylation sites is 1. The molecule has 2 heterocycles. The molecule has 78 valence electrons. The maximum atomic E-state index is 5.54. The van der Waals surface area contributed by atoms with E-state index in [4.69, 9.17) is 5.73 Å². The van der Waals surface area contributed by atoms with E-state index in [1.54, 1.807) is 6.20 Å². The highest BCUT2D eigenvalue weighted by molar-refractivity contribution is 5.92. The Kier molecular flexibility index (Phi) is 1.77. The molecular weight excluding hydrogens is 200 g/mol. The zero-order valence-electron chi connectivity index (χ0n) is 8.81. The lowest BCUT2D eigenvalue weighted by molar-refractivity contribution is 1.21. The van der Waals surface area contributed by atoms with Crippen LogP contribution in [0, 0.1) is 6.92 Å². The summed E-state index contributed by atoms with van der Waals surface area (Å²) in [5.41, 5.74) is 8.29. The van der Waals surface area contributed by atoms with E-state index in [1.807, 2.05) is 31.2 Å². The van der Waals surface area contributed by atoms with Crippen LogP contribution in [0.2, 0.25) is 0 Å². The summed E-state index contributed by atoms with van der Waals surface area (Å²) in [7, 11) is 0. The normalized spacial score (nSPS) is 11.1. The van der Waals surface area contributed by atoms with E-state index < -0.39 is 0 Å². The third-order valence-corrected chi connectivity index (χ3v) is 2.61. The predicted octanol–water partition coefficient (Wildman–Crippen LogP) is 2.07. The molecular formula is C12H10N4. The summed E-state index contributed by atoms with van der Waals surface area (Å²) < 4.78 is 0. The second kappa shape index (κ2) is 3.13. The summed E-state index contributed by atoms with van der Waals surface area (Å²) in [4.78, 5) is 12.6. The zero-order valence-corrected chi connectivity index (χ0v) is 8.81. The monoisotopic (exact) mass is 210 g/mol. The van der Waals surface area contributed by atoms with Crippen molar-refractivity contribution in [1.82, 2.24) is 15.0 Å². The Morgan fingerprint density at radius 3 is 2.88 bits per heavy atom. The standard InChI is InChI=1S/C12H10N4/c1-7-3-2-4-8-5-9-6-14-12(13)16-11(9)15-10(7)8/h2-6H,1H3,(H2,13,14,15,16). The smallest absolute Gasteiger partial charge is 0.222 e. The molecule has 1 aromatic carbocycles. The summed E-state index contributed by atoms with van der Waals surface area (Å²) in [6.07, 6.45) is 1.70. The summed E-state index contributed by atoms with van der Waals surface area (Å²) in [6.45, 7) is 2.03. The number of aryl methyl sites for hydroxylation is 1. The molecule has 0 amide bonds. The molecule has 3 rings (SSSR count). The molecule has 16 heavy (non-hydrogen) atoms. The summed E-state index contributed by atoms with van der Waals surface area (Å²) in [5.74, 6) is 0.257. The van der Waals surface area contributed by atoms with Gasteiger partial charge in [-0.2, -0.15) is 4.98 Å². The Labute approximate surface area is 92.2 Å². The minimum atomic E-state index is 0.257. The van der Waals surface area contributed by atoms with Gasteiger partial charge in [0.25, 0.3) is 0 Å². The number of pyridine rings is 1. The van der Waals surface area contributed by atoms with E-state index in [2.05, 4.69) is 15.0 Å². The van der Waals surface area contributed by atoms with Gasteiger partial charge < -0.3 is 5.73 Å². The van der Waals surface area contributed by atoms with E-state index >= 15 is 0 Å². The fourth-order valence-corrected chi connectivity index (χ4v) is 1.81. The first-order valence-electron chi connectivity index (χ1n) is 5.02. The van der Waals surface area contributed by atoms with Gasteiger partial charge in [0.2, 0.25) is 5.95 Å². The minimum absolute atomic E-state index is 0.257. The highest BCUT2D eigenvalue weighted by Crippen LogP contribution is 2.20. The Hall–Kier alpha value is -2.23. The third kappa shape index (κ3) is 1.27. The minimum Gasteiger partial charge on any atom is -0.368 e. The molecule has 0 unspecified atom stereocenters. The molecule has 0 radical (unpaired) electrons. The number of hydrogen-bond acceptors (Lipinski definition) is 4. The highest BCUT2D eigenvalue weighted by atomic mass is 15.0. The molecule has 0 bridgehead atoms. The van der Waals surface area contributed by atoms with Crippen LogP contribution in [0.5, 0.6) is 0 Å². The van der Waals surface area contributed by atoms with Crippen LogP contribution < -0.4 is 5.73 Å². The lowest BCUT2D eigenvalue weighted by Crippen LogP contribution is -1.96. The third-order valence-electron chi connectivity index (χ3n) is 2.61. The van der Waals surface area contributed by atoms with Crippen LogP contribution in [0.15, 0.2) is 30.5 Å². The molecule has 2 aromatic heterocycles. The second-order valence-corrected chi connectivity index (χ2v) is 3.78. The van der Waals surface area contributed by atoms with Crippen molar-refractivity contribution in [3.05, 3.63) is 36.0 Å². The van der Waals surface area contributed by atoms with Gasteiger partial charge in [-0.15, -0.1) is 0 Å². The predicted molar refractivity (Wildman–Crippen MR) is 64.0 cm³/mol. The van der Waals surface area contributed by atoms with Gasteiger partial charge in [-0.25, -0.2) is 9.97 Å². The number of nitrogen functional groups attached to an aromatic ring is 1. The second-order valence-electron chi connectivity index (χ2n) is 3.78. The van der Waals surface area contributed by atoms with Gasteiger partial charge in [0.05, 0.1) is 5.52 Å². The van der Waals surface area contributed by atoms with Crippen molar-refractivity contribution in [2.24, 2.45) is 0 Å². The highest BCUT2D eigenvalue weighted by Gasteiger charge is 2.03. The number of fused-ring (bicyclic) bond motifs is 2. The largest absolute Gasteiger partial charge is 0.368 e. The molecule has 0 atom stereocenters. The van der Waals surface area contributed by atoms with Crippen molar-refractivity contribution >= 4 is 27.9 Å². The van der Waals surface area contributed by atoms with Crippen molar-refractivity contribution in [3.8, 4) is 0 Å². The van der Waals surface area contributed by atoms with Crippen LogP contribution in [0.3, 0.4) is 0 Å². The van der Waals surface area contributed by atoms with Gasteiger partial charge in [0.1, 0.15) is 0 Å². The maximum Gasteiger partial charge on any atom is 0.222 e. The lowest BCUT2D eigenvalue weighted by atomic mass is 10.1. The number of nitrogens with two attached hydrogens (primary N) is 1. The number of benzene rings is 1. The molecule has 3 aromatic rings. The molecule has 0 fully saturated rings. The van der Waals surface area contributed by atoms with Crippen LogP contribution in [0.1, 0.15) is 5.56 Å². The molecule has 2 N–H and O–H groups in total. The fraction of sp³-hybridized carbons (Fsp3) is 0.0833. The Bertz CT molecular complexity index is 691. The lowest BCUT2D eigenvalue weighted by Gasteiger charge is -2.03. The van der Waals surface area contributed by atoms with Crippen molar-refractivity contribution in [2.45, 2.75) is 6.92 Å². The fourth-order valence-electron chi connectivity index (χ4n) is 1.81. The number of aromatic nitrogens is 3. The van der Waals surface area contributed by atoms with Crippen LogP contribution in [0.25, 0.3) is 21.9 Å². The maximum absolute atomic E-state index is 5.54. The van der Waals surface area contributed by atoms with Crippen LogP contribution in [-0.4, -0.2) is 15.0 Å². The molecule has 4 heteroatoms. The van der Waals surface area contributed by atoms with Crippen LogP contribution in [-0.2, 0) is 0 Å². The number of anilines is 1. The average molecular weight is 210 g/mol. The Balaban J connectivity index is 2.49.